The molecule has 0 fully saturated rings. The van der Waals surface area contributed by atoms with Gasteiger partial charge in [0.1, 0.15) is 5.82 Å². The van der Waals surface area contributed by atoms with E-state index < -0.39 is 5.91 Å². The second-order valence-electron chi connectivity index (χ2n) is 6.71. The molecule has 1 atom stereocenters. The van der Waals surface area contributed by atoms with E-state index in [9.17, 15) is 14.0 Å². The van der Waals surface area contributed by atoms with Gasteiger partial charge in [-0.1, -0.05) is 35.9 Å². The quantitative estimate of drug-likeness (QED) is 0.497. The van der Waals surface area contributed by atoms with Crippen molar-refractivity contribution in [1.82, 2.24) is 5.32 Å². The van der Waals surface area contributed by atoms with Crippen molar-refractivity contribution < 1.29 is 14.0 Å². The zero-order chi connectivity index (χ0) is 21.5. The summed E-state index contributed by atoms with van der Waals surface area (Å²) in [6.07, 6.45) is 0. The number of hydrogen-bond acceptors (Lipinski definition) is 3. The molecule has 3 rings (SSSR count). The molecule has 2 amide bonds. The molecule has 0 unspecified atom stereocenters. The molecule has 0 aliphatic carbocycles. The fourth-order valence-corrected chi connectivity index (χ4v) is 3.05. The van der Waals surface area contributed by atoms with Crippen LogP contribution < -0.4 is 16.0 Å². The molecule has 0 radical (unpaired) electrons. The highest BCUT2D eigenvalue weighted by molar-refractivity contribution is 6.30. The molecule has 7 heteroatoms. The predicted molar refractivity (Wildman–Crippen MR) is 117 cm³/mol. The monoisotopic (exact) mass is 425 g/mol. The third-order valence-corrected chi connectivity index (χ3v) is 4.70. The Balaban J connectivity index is 1.61. The Morgan fingerprint density at radius 3 is 2.43 bits per heavy atom. The van der Waals surface area contributed by atoms with Crippen LogP contribution in [0.15, 0.2) is 72.8 Å². The average Bonchev–Trinajstić information content (AvgIpc) is 2.74. The first-order valence-electron chi connectivity index (χ1n) is 9.37. The van der Waals surface area contributed by atoms with Crippen LogP contribution in [0.25, 0.3) is 0 Å². The highest BCUT2D eigenvalue weighted by Gasteiger charge is 2.14. The molecule has 0 aliphatic rings. The van der Waals surface area contributed by atoms with Crippen LogP contribution in [0.5, 0.6) is 0 Å². The molecule has 5 nitrogen and oxygen atoms in total. The topological polar surface area (TPSA) is 70.2 Å². The summed E-state index contributed by atoms with van der Waals surface area (Å²) < 4.78 is 13.0. The Morgan fingerprint density at radius 1 is 0.967 bits per heavy atom. The van der Waals surface area contributed by atoms with E-state index in [1.807, 2.05) is 25.1 Å². The summed E-state index contributed by atoms with van der Waals surface area (Å²) in [5, 5.41) is 9.21. The fourth-order valence-electron chi connectivity index (χ4n) is 2.86. The van der Waals surface area contributed by atoms with E-state index in [1.54, 1.807) is 30.3 Å². The van der Waals surface area contributed by atoms with Crippen molar-refractivity contribution in [3.63, 3.8) is 0 Å². The molecule has 0 bridgehead atoms. The largest absolute Gasteiger partial charge is 0.324 e. The van der Waals surface area contributed by atoms with Crippen molar-refractivity contribution in [2.45, 2.75) is 13.0 Å². The van der Waals surface area contributed by atoms with Gasteiger partial charge in [-0.15, -0.1) is 0 Å². The van der Waals surface area contributed by atoms with Gasteiger partial charge in [0.25, 0.3) is 5.91 Å². The van der Waals surface area contributed by atoms with Crippen molar-refractivity contribution in [2.24, 2.45) is 0 Å². The smallest absolute Gasteiger partial charge is 0.257 e. The fraction of sp³-hybridized carbons (Fsp3) is 0.130. The number of carbonyl (C=O) groups excluding carboxylic acids is 2. The summed E-state index contributed by atoms with van der Waals surface area (Å²) in [4.78, 5) is 25.0. The lowest BCUT2D eigenvalue weighted by Gasteiger charge is -2.15. The zero-order valence-electron chi connectivity index (χ0n) is 16.3. The Morgan fingerprint density at radius 2 is 1.70 bits per heavy atom. The van der Waals surface area contributed by atoms with Crippen molar-refractivity contribution in [1.29, 1.82) is 0 Å². The lowest BCUT2D eigenvalue weighted by Crippen LogP contribution is -2.30. The molecule has 3 aromatic carbocycles. The maximum atomic E-state index is 13.0. The van der Waals surface area contributed by atoms with E-state index in [4.69, 9.17) is 11.6 Å². The second kappa shape index (κ2) is 10.0. The summed E-state index contributed by atoms with van der Waals surface area (Å²) in [6.45, 7) is 1.99. The van der Waals surface area contributed by atoms with Gasteiger partial charge in [0.2, 0.25) is 5.91 Å². The number of nitrogens with one attached hydrogen (secondary N) is 3. The average molecular weight is 426 g/mol. The summed E-state index contributed by atoms with van der Waals surface area (Å²) in [5.74, 6) is -1.08. The van der Waals surface area contributed by atoms with Crippen molar-refractivity contribution in [3.05, 3.63) is 94.8 Å². The van der Waals surface area contributed by atoms with Crippen LogP contribution in [0.1, 0.15) is 28.9 Å². The Hall–Kier alpha value is -3.22. The number of benzene rings is 3. The SMILES string of the molecule is C[C@H](NCC(=O)Nc1ccccc1C(=O)Nc1ccc(F)cc1)c1cccc(Cl)c1. The minimum Gasteiger partial charge on any atom is -0.324 e. The van der Waals surface area contributed by atoms with Gasteiger partial charge in [0.15, 0.2) is 0 Å². The lowest BCUT2D eigenvalue weighted by molar-refractivity contribution is -0.115. The van der Waals surface area contributed by atoms with E-state index in [-0.39, 0.29) is 24.3 Å². The van der Waals surface area contributed by atoms with Crippen LogP contribution >= 0.6 is 11.6 Å². The molecule has 0 aromatic heterocycles. The van der Waals surface area contributed by atoms with Gasteiger partial charge in [-0.05, 0) is 61.0 Å². The van der Waals surface area contributed by atoms with E-state index in [0.29, 0.717) is 22.0 Å². The van der Waals surface area contributed by atoms with Crippen LogP contribution in [0, 0.1) is 5.82 Å². The molecule has 0 heterocycles. The number of para-hydroxylation sites is 1. The zero-order valence-corrected chi connectivity index (χ0v) is 17.0. The minimum absolute atomic E-state index is 0.0571. The van der Waals surface area contributed by atoms with Crippen LogP contribution in [-0.2, 0) is 4.79 Å². The van der Waals surface area contributed by atoms with E-state index in [1.165, 1.54) is 24.3 Å². The van der Waals surface area contributed by atoms with Gasteiger partial charge in [0, 0.05) is 16.8 Å². The lowest BCUT2D eigenvalue weighted by atomic mass is 10.1. The molecule has 0 saturated carbocycles. The van der Waals surface area contributed by atoms with Gasteiger partial charge in [-0.3, -0.25) is 9.59 Å². The first-order valence-corrected chi connectivity index (χ1v) is 9.75. The molecule has 3 N–H and O–H groups in total. The number of amides is 2. The van der Waals surface area contributed by atoms with Crippen molar-refractivity contribution in [2.75, 3.05) is 17.2 Å². The van der Waals surface area contributed by atoms with Crippen LogP contribution in [0.3, 0.4) is 0 Å². The summed E-state index contributed by atoms with van der Waals surface area (Å²) in [7, 11) is 0. The summed E-state index contributed by atoms with van der Waals surface area (Å²) in [5.41, 5.74) is 2.12. The third-order valence-electron chi connectivity index (χ3n) is 4.47. The maximum Gasteiger partial charge on any atom is 0.257 e. The van der Waals surface area contributed by atoms with Gasteiger partial charge in [-0.2, -0.15) is 0 Å². The van der Waals surface area contributed by atoms with E-state index >= 15 is 0 Å². The highest BCUT2D eigenvalue weighted by atomic mass is 35.5. The first kappa shape index (κ1) is 21.5. The van der Waals surface area contributed by atoms with E-state index in [0.717, 1.165) is 5.56 Å². The van der Waals surface area contributed by atoms with Gasteiger partial charge >= 0.3 is 0 Å². The minimum atomic E-state index is -0.405. The predicted octanol–water partition coefficient (Wildman–Crippen LogP) is 5.02. The van der Waals surface area contributed by atoms with Gasteiger partial charge in [-0.25, -0.2) is 4.39 Å². The first-order chi connectivity index (χ1) is 14.4. The number of halogens is 2. The standard InChI is InChI=1S/C23H21ClFN3O2/c1-15(16-5-4-6-17(24)13-16)26-14-22(29)28-21-8-3-2-7-20(21)23(30)27-19-11-9-18(25)10-12-19/h2-13,15,26H,14H2,1H3,(H,27,30)(H,28,29)/t15-/m0/s1. The van der Waals surface area contributed by atoms with Gasteiger partial charge in [0.05, 0.1) is 17.8 Å². The summed E-state index contributed by atoms with van der Waals surface area (Å²) in [6, 6.07) is 19.5. The Labute approximate surface area is 179 Å². The molecular formula is C23H21ClFN3O2. The highest BCUT2D eigenvalue weighted by Crippen LogP contribution is 2.19. The number of anilines is 2. The molecule has 154 valence electrons. The number of hydrogen-bond donors (Lipinski definition) is 3. The second-order valence-corrected chi connectivity index (χ2v) is 7.15. The third kappa shape index (κ3) is 5.89. The van der Waals surface area contributed by atoms with Crippen molar-refractivity contribution in [3.8, 4) is 0 Å². The van der Waals surface area contributed by atoms with Crippen molar-refractivity contribution >= 4 is 34.8 Å². The van der Waals surface area contributed by atoms with Crippen LogP contribution in [-0.4, -0.2) is 18.4 Å². The number of carbonyl (C=O) groups is 2. The van der Waals surface area contributed by atoms with E-state index in [2.05, 4.69) is 16.0 Å². The van der Waals surface area contributed by atoms with Crippen LogP contribution in [0.4, 0.5) is 15.8 Å². The Kier molecular flexibility index (Phi) is 7.17. The molecule has 0 aliphatic heterocycles. The summed E-state index contributed by atoms with van der Waals surface area (Å²) >= 11 is 6.01. The van der Waals surface area contributed by atoms with Gasteiger partial charge < -0.3 is 16.0 Å². The molecule has 0 saturated heterocycles. The molecule has 0 spiro atoms. The maximum absolute atomic E-state index is 13.0. The molecule has 3 aromatic rings. The molecular weight excluding hydrogens is 405 g/mol. The number of rotatable bonds is 7. The Bertz CT molecular complexity index is 1040. The normalized spacial score (nSPS) is 11.6. The molecule has 30 heavy (non-hydrogen) atoms. The van der Waals surface area contributed by atoms with Crippen LogP contribution in [0.2, 0.25) is 5.02 Å².